The summed E-state index contributed by atoms with van der Waals surface area (Å²) in [7, 11) is 0. The molecular weight excluding hydrogens is 294 g/mol. The SMILES string of the molecule is Fc1ccc(-c2cnc3[nH]cc(-c4ccc(F)cc4)c3c2)cc1. The molecule has 0 aliphatic heterocycles. The number of benzene rings is 2. The third-order valence-electron chi connectivity index (χ3n) is 3.86. The van der Waals surface area contributed by atoms with E-state index in [2.05, 4.69) is 9.97 Å². The molecule has 0 radical (unpaired) electrons. The lowest BCUT2D eigenvalue weighted by atomic mass is 10.0. The quantitative estimate of drug-likeness (QED) is 0.543. The highest BCUT2D eigenvalue weighted by atomic mass is 19.1. The Balaban J connectivity index is 1.86. The van der Waals surface area contributed by atoms with Crippen molar-refractivity contribution < 1.29 is 8.78 Å². The normalized spacial score (nSPS) is 11.0. The Kier molecular flexibility index (Phi) is 3.15. The first-order chi connectivity index (χ1) is 11.2. The van der Waals surface area contributed by atoms with Gasteiger partial charge >= 0.3 is 0 Å². The summed E-state index contributed by atoms with van der Waals surface area (Å²) >= 11 is 0. The average molecular weight is 306 g/mol. The van der Waals surface area contributed by atoms with Crippen LogP contribution in [-0.2, 0) is 0 Å². The lowest BCUT2D eigenvalue weighted by Gasteiger charge is -2.03. The van der Waals surface area contributed by atoms with Crippen molar-refractivity contribution in [3.63, 3.8) is 0 Å². The van der Waals surface area contributed by atoms with E-state index in [1.54, 1.807) is 30.5 Å². The van der Waals surface area contributed by atoms with Crippen LogP contribution >= 0.6 is 0 Å². The number of fused-ring (bicyclic) bond motifs is 1. The highest BCUT2D eigenvalue weighted by Gasteiger charge is 2.09. The number of rotatable bonds is 2. The number of nitrogens with zero attached hydrogens (tertiary/aromatic N) is 1. The van der Waals surface area contributed by atoms with Gasteiger partial charge in [-0.2, -0.15) is 0 Å². The maximum absolute atomic E-state index is 13.1. The summed E-state index contributed by atoms with van der Waals surface area (Å²) in [5, 5.41) is 0.943. The first-order valence-corrected chi connectivity index (χ1v) is 7.20. The molecule has 0 aliphatic rings. The Morgan fingerprint density at radius 1 is 0.739 bits per heavy atom. The Labute approximate surface area is 131 Å². The highest BCUT2D eigenvalue weighted by Crippen LogP contribution is 2.31. The summed E-state index contributed by atoms with van der Waals surface area (Å²) in [5.41, 5.74) is 4.43. The topological polar surface area (TPSA) is 28.7 Å². The number of halogens is 2. The second kappa shape index (κ2) is 5.32. The molecule has 0 atom stereocenters. The second-order valence-corrected chi connectivity index (χ2v) is 5.34. The lowest BCUT2D eigenvalue weighted by molar-refractivity contribution is 0.627. The predicted molar refractivity (Wildman–Crippen MR) is 86.9 cm³/mol. The van der Waals surface area contributed by atoms with Crippen LogP contribution in [0.5, 0.6) is 0 Å². The zero-order chi connectivity index (χ0) is 15.8. The van der Waals surface area contributed by atoms with Crippen molar-refractivity contribution in [2.75, 3.05) is 0 Å². The number of H-pyrrole nitrogens is 1. The van der Waals surface area contributed by atoms with E-state index >= 15 is 0 Å². The van der Waals surface area contributed by atoms with Gasteiger partial charge in [0.25, 0.3) is 0 Å². The lowest BCUT2D eigenvalue weighted by Crippen LogP contribution is -1.83. The van der Waals surface area contributed by atoms with Crippen LogP contribution in [0.4, 0.5) is 8.78 Å². The molecule has 0 saturated carbocycles. The fraction of sp³-hybridized carbons (Fsp3) is 0. The fourth-order valence-corrected chi connectivity index (χ4v) is 2.67. The van der Waals surface area contributed by atoms with Crippen LogP contribution in [0.1, 0.15) is 0 Å². The van der Waals surface area contributed by atoms with Crippen LogP contribution in [-0.4, -0.2) is 9.97 Å². The molecule has 0 aliphatic carbocycles. The molecule has 112 valence electrons. The Morgan fingerprint density at radius 3 is 2.00 bits per heavy atom. The molecule has 23 heavy (non-hydrogen) atoms. The van der Waals surface area contributed by atoms with Crippen LogP contribution in [0.2, 0.25) is 0 Å². The van der Waals surface area contributed by atoms with Crippen molar-refractivity contribution >= 4 is 11.0 Å². The van der Waals surface area contributed by atoms with E-state index in [9.17, 15) is 8.78 Å². The standard InChI is InChI=1S/C19H12F2N2/c20-15-5-1-12(2-6-15)14-9-17-18(11-23-19(17)22-10-14)13-3-7-16(21)8-4-13/h1-11H,(H,22,23). The van der Waals surface area contributed by atoms with Crippen molar-refractivity contribution in [3.05, 3.63) is 78.6 Å². The number of nitrogens with one attached hydrogen (secondary N) is 1. The van der Waals surface area contributed by atoms with Crippen LogP contribution < -0.4 is 0 Å². The minimum atomic E-state index is -0.267. The predicted octanol–water partition coefficient (Wildman–Crippen LogP) is 5.18. The van der Waals surface area contributed by atoms with E-state index < -0.39 is 0 Å². The summed E-state index contributed by atoms with van der Waals surface area (Å²) in [6, 6.07) is 14.7. The molecule has 1 N–H and O–H groups in total. The zero-order valence-corrected chi connectivity index (χ0v) is 12.1. The van der Waals surface area contributed by atoms with Crippen LogP contribution in [0.25, 0.3) is 33.3 Å². The summed E-state index contributed by atoms with van der Waals surface area (Å²) in [5.74, 6) is -0.532. The number of aromatic amines is 1. The summed E-state index contributed by atoms with van der Waals surface area (Å²) in [6.45, 7) is 0. The van der Waals surface area contributed by atoms with Gasteiger partial charge in [0.05, 0.1) is 0 Å². The molecule has 2 aromatic heterocycles. The summed E-state index contributed by atoms with van der Waals surface area (Å²) in [4.78, 5) is 7.54. The van der Waals surface area contributed by atoms with Crippen LogP contribution in [0, 0.1) is 11.6 Å². The molecule has 0 bridgehead atoms. The van der Waals surface area contributed by atoms with Gasteiger partial charge in [-0.3, -0.25) is 0 Å². The van der Waals surface area contributed by atoms with Crippen molar-refractivity contribution in [2.24, 2.45) is 0 Å². The molecule has 4 heteroatoms. The van der Waals surface area contributed by atoms with E-state index in [4.69, 9.17) is 0 Å². The Bertz CT molecular complexity index is 971. The zero-order valence-electron chi connectivity index (χ0n) is 12.1. The van der Waals surface area contributed by atoms with Gasteiger partial charge in [-0.05, 0) is 41.5 Å². The number of pyridine rings is 1. The molecule has 2 heterocycles. The molecule has 0 saturated heterocycles. The van der Waals surface area contributed by atoms with E-state index in [1.165, 1.54) is 24.3 Å². The van der Waals surface area contributed by atoms with Gasteiger partial charge in [0.2, 0.25) is 0 Å². The molecule has 4 aromatic rings. The molecule has 2 aromatic carbocycles. The van der Waals surface area contributed by atoms with E-state index in [0.29, 0.717) is 0 Å². The van der Waals surface area contributed by atoms with Gasteiger partial charge in [-0.15, -0.1) is 0 Å². The number of hydrogen-bond donors (Lipinski definition) is 1. The summed E-state index contributed by atoms with van der Waals surface area (Å²) < 4.78 is 26.2. The first kappa shape index (κ1) is 13.6. The smallest absolute Gasteiger partial charge is 0.137 e. The van der Waals surface area contributed by atoms with Crippen molar-refractivity contribution in [1.82, 2.24) is 9.97 Å². The minimum Gasteiger partial charge on any atom is -0.346 e. The Morgan fingerprint density at radius 2 is 1.35 bits per heavy atom. The van der Waals surface area contributed by atoms with Gasteiger partial charge in [-0.1, -0.05) is 24.3 Å². The number of aromatic nitrogens is 2. The maximum Gasteiger partial charge on any atom is 0.137 e. The molecule has 0 unspecified atom stereocenters. The van der Waals surface area contributed by atoms with Crippen LogP contribution in [0.3, 0.4) is 0 Å². The van der Waals surface area contributed by atoms with Crippen molar-refractivity contribution in [2.45, 2.75) is 0 Å². The van der Waals surface area contributed by atoms with Crippen molar-refractivity contribution in [3.8, 4) is 22.3 Å². The maximum atomic E-state index is 13.1. The van der Waals surface area contributed by atoms with Gasteiger partial charge < -0.3 is 4.98 Å². The minimum absolute atomic E-state index is 0.265. The van der Waals surface area contributed by atoms with E-state index in [-0.39, 0.29) is 11.6 Å². The van der Waals surface area contributed by atoms with Gasteiger partial charge in [0.15, 0.2) is 0 Å². The second-order valence-electron chi connectivity index (χ2n) is 5.34. The first-order valence-electron chi connectivity index (χ1n) is 7.20. The highest BCUT2D eigenvalue weighted by molar-refractivity contribution is 5.95. The summed E-state index contributed by atoms with van der Waals surface area (Å²) in [6.07, 6.45) is 3.61. The molecule has 2 nitrogen and oxygen atoms in total. The average Bonchev–Trinajstić information content (AvgIpc) is 2.99. The number of hydrogen-bond acceptors (Lipinski definition) is 1. The third kappa shape index (κ3) is 2.48. The Hall–Kier alpha value is -3.01. The fourth-order valence-electron chi connectivity index (χ4n) is 2.67. The third-order valence-corrected chi connectivity index (χ3v) is 3.86. The molecule has 4 rings (SSSR count). The van der Waals surface area contributed by atoms with Gasteiger partial charge in [0.1, 0.15) is 17.3 Å². The molecule has 0 amide bonds. The largest absolute Gasteiger partial charge is 0.346 e. The molecule has 0 fully saturated rings. The van der Waals surface area contributed by atoms with Crippen LogP contribution in [0.15, 0.2) is 67.0 Å². The van der Waals surface area contributed by atoms with E-state index in [0.717, 1.165) is 33.3 Å². The monoisotopic (exact) mass is 306 g/mol. The molecular formula is C19H12F2N2. The van der Waals surface area contributed by atoms with Gasteiger partial charge in [0, 0.05) is 28.9 Å². The van der Waals surface area contributed by atoms with Crippen molar-refractivity contribution in [1.29, 1.82) is 0 Å². The molecule has 0 spiro atoms. The van der Waals surface area contributed by atoms with Gasteiger partial charge in [-0.25, -0.2) is 13.8 Å². The van der Waals surface area contributed by atoms with E-state index in [1.807, 2.05) is 12.3 Å².